The van der Waals surface area contributed by atoms with Gasteiger partial charge in [-0.05, 0) is 67.1 Å². The van der Waals surface area contributed by atoms with Crippen molar-refractivity contribution in [1.82, 2.24) is 5.43 Å². The first-order chi connectivity index (χ1) is 15.9. The van der Waals surface area contributed by atoms with Crippen molar-refractivity contribution in [3.05, 3.63) is 87.9 Å². The van der Waals surface area contributed by atoms with Crippen LogP contribution in [0.1, 0.15) is 22.8 Å². The lowest BCUT2D eigenvalue weighted by molar-refractivity contribution is -0.127. The van der Waals surface area contributed by atoms with Gasteiger partial charge in [0.15, 0.2) is 6.10 Å². The molecule has 1 atom stereocenters. The molecule has 0 spiro atoms. The fourth-order valence-electron chi connectivity index (χ4n) is 2.63. The van der Waals surface area contributed by atoms with Gasteiger partial charge in [0.05, 0.1) is 23.9 Å². The summed E-state index contributed by atoms with van der Waals surface area (Å²) in [5.74, 6) is 0.327. The molecule has 3 rings (SSSR count). The van der Waals surface area contributed by atoms with E-state index in [1.165, 1.54) is 12.3 Å². The number of halogens is 2. The molecule has 0 saturated heterocycles. The zero-order valence-electron chi connectivity index (χ0n) is 17.7. The highest BCUT2D eigenvalue weighted by molar-refractivity contribution is 6.35. The SMILES string of the molecule is COc1ccc(C(=O)Oc2cccc(/C=N\NC(=O)[C@@H](C)Oc3ccc(Cl)cc3Cl)c2)cc1. The quantitative estimate of drug-likeness (QED) is 0.206. The van der Waals surface area contributed by atoms with Crippen LogP contribution in [0.25, 0.3) is 0 Å². The maximum atomic E-state index is 12.3. The molecule has 9 heteroatoms. The predicted molar refractivity (Wildman–Crippen MR) is 127 cm³/mol. The first-order valence-electron chi connectivity index (χ1n) is 9.76. The van der Waals surface area contributed by atoms with Gasteiger partial charge >= 0.3 is 5.97 Å². The molecule has 0 heterocycles. The van der Waals surface area contributed by atoms with E-state index in [4.69, 9.17) is 37.4 Å². The second kappa shape index (κ2) is 11.4. The molecule has 0 radical (unpaired) electrons. The molecule has 3 aromatic rings. The van der Waals surface area contributed by atoms with Gasteiger partial charge < -0.3 is 14.2 Å². The normalized spacial score (nSPS) is 11.6. The fourth-order valence-corrected chi connectivity index (χ4v) is 3.08. The van der Waals surface area contributed by atoms with Gasteiger partial charge in [0.25, 0.3) is 5.91 Å². The summed E-state index contributed by atoms with van der Waals surface area (Å²) in [5.41, 5.74) is 3.40. The van der Waals surface area contributed by atoms with Crippen LogP contribution in [0.15, 0.2) is 71.8 Å². The third-order valence-electron chi connectivity index (χ3n) is 4.35. The number of hydrogen-bond acceptors (Lipinski definition) is 6. The lowest BCUT2D eigenvalue weighted by Crippen LogP contribution is -2.33. The fraction of sp³-hybridized carbons (Fsp3) is 0.125. The molecule has 1 N–H and O–H groups in total. The first-order valence-corrected chi connectivity index (χ1v) is 10.5. The molecule has 7 nitrogen and oxygen atoms in total. The van der Waals surface area contributed by atoms with Crippen molar-refractivity contribution in [3.63, 3.8) is 0 Å². The molecule has 0 saturated carbocycles. The molecule has 33 heavy (non-hydrogen) atoms. The highest BCUT2D eigenvalue weighted by Gasteiger charge is 2.16. The van der Waals surface area contributed by atoms with Crippen LogP contribution in [0.5, 0.6) is 17.2 Å². The summed E-state index contributed by atoms with van der Waals surface area (Å²) in [5, 5.41) is 4.69. The van der Waals surface area contributed by atoms with Gasteiger partial charge in [-0.25, -0.2) is 10.2 Å². The Morgan fingerprint density at radius 1 is 1.00 bits per heavy atom. The van der Waals surface area contributed by atoms with Gasteiger partial charge in [0.2, 0.25) is 0 Å². The summed E-state index contributed by atoms with van der Waals surface area (Å²) in [4.78, 5) is 24.5. The molecule has 0 bridgehead atoms. The number of carbonyl (C=O) groups is 2. The van der Waals surface area contributed by atoms with E-state index in [0.717, 1.165) is 0 Å². The van der Waals surface area contributed by atoms with Crippen LogP contribution in [0.4, 0.5) is 0 Å². The highest BCUT2D eigenvalue weighted by atomic mass is 35.5. The van der Waals surface area contributed by atoms with E-state index in [1.807, 2.05) is 0 Å². The van der Waals surface area contributed by atoms with Crippen LogP contribution in [0.2, 0.25) is 10.0 Å². The zero-order valence-corrected chi connectivity index (χ0v) is 19.3. The first kappa shape index (κ1) is 24.1. The number of amides is 1. The Kier molecular flexibility index (Phi) is 8.29. The minimum atomic E-state index is -0.849. The summed E-state index contributed by atoms with van der Waals surface area (Å²) < 4.78 is 16.0. The van der Waals surface area contributed by atoms with Gasteiger partial charge in [0.1, 0.15) is 17.2 Å². The summed E-state index contributed by atoms with van der Waals surface area (Å²) in [6.45, 7) is 1.56. The average molecular weight is 487 g/mol. The Labute approximate surface area is 200 Å². The van der Waals surface area contributed by atoms with Gasteiger partial charge in [0, 0.05) is 5.02 Å². The van der Waals surface area contributed by atoms with Crippen molar-refractivity contribution >= 4 is 41.3 Å². The molecule has 0 aliphatic carbocycles. The summed E-state index contributed by atoms with van der Waals surface area (Å²) >= 11 is 11.9. The second-order valence-electron chi connectivity index (χ2n) is 6.76. The Morgan fingerprint density at radius 2 is 1.76 bits per heavy atom. The zero-order chi connectivity index (χ0) is 23.8. The maximum Gasteiger partial charge on any atom is 0.343 e. The van der Waals surface area contributed by atoms with Crippen molar-refractivity contribution in [2.75, 3.05) is 7.11 Å². The number of benzene rings is 3. The molecular formula is C24H20Cl2N2O5. The number of esters is 1. The Bertz CT molecular complexity index is 1170. The Balaban J connectivity index is 1.56. The topological polar surface area (TPSA) is 86.2 Å². The lowest BCUT2D eigenvalue weighted by Gasteiger charge is -2.14. The van der Waals surface area contributed by atoms with E-state index in [2.05, 4.69) is 10.5 Å². The number of hydrogen-bond donors (Lipinski definition) is 1. The second-order valence-corrected chi connectivity index (χ2v) is 7.60. The monoisotopic (exact) mass is 486 g/mol. The van der Waals surface area contributed by atoms with Gasteiger partial charge in [-0.1, -0.05) is 35.3 Å². The number of methoxy groups -OCH3 is 1. The molecule has 1 amide bonds. The van der Waals surface area contributed by atoms with E-state index >= 15 is 0 Å². The summed E-state index contributed by atoms with van der Waals surface area (Å²) in [7, 11) is 1.55. The van der Waals surface area contributed by atoms with Crippen LogP contribution in [0, 0.1) is 0 Å². The minimum Gasteiger partial charge on any atom is -0.497 e. The maximum absolute atomic E-state index is 12.3. The van der Waals surface area contributed by atoms with Crippen molar-refractivity contribution in [3.8, 4) is 17.2 Å². The van der Waals surface area contributed by atoms with Crippen LogP contribution in [-0.2, 0) is 4.79 Å². The third-order valence-corrected chi connectivity index (χ3v) is 4.88. The number of nitrogens with one attached hydrogen (secondary N) is 1. The molecule has 0 aliphatic heterocycles. The van der Waals surface area contributed by atoms with Crippen molar-refractivity contribution in [2.24, 2.45) is 5.10 Å². The van der Waals surface area contributed by atoms with E-state index in [-0.39, 0.29) is 0 Å². The van der Waals surface area contributed by atoms with Crippen LogP contribution >= 0.6 is 23.2 Å². The molecular weight excluding hydrogens is 467 g/mol. The number of carbonyl (C=O) groups excluding carboxylic acids is 2. The van der Waals surface area contributed by atoms with Crippen LogP contribution in [0.3, 0.4) is 0 Å². The summed E-state index contributed by atoms with van der Waals surface area (Å²) in [6, 6.07) is 18.0. The van der Waals surface area contributed by atoms with Crippen molar-refractivity contribution < 1.29 is 23.8 Å². The van der Waals surface area contributed by atoms with Gasteiger partial charge in [-0.2, -0.15) is 5.10 Å². The Hall–Kier alpha value is -3.55. The van der Waals surface area contributed by atoms with E-state index in [1.54, 1.807) is 74.7 Å². The molecule has 0 aromatic heterocycles. The number of nitrogens with zero attached hydrogens (tertiary/aromatic N) is 1. The van der Waals surface area contributed by atoms with Crippen molar-refractivity contribution in [2.45, 2.75) is 13.0 Å². The number of ether oxygens (including phenoxy) is 3. The largest absolute Gasteiger partial charge is 0.497 e. The molecule has 3 aromatic carbocycles. The van der Waals surface area contributed by atoms with Gasteiger partial charge in [-0.3, -0.25) is 4.79 Å². The molecule has 0 fully saturated rings. The van der Waals surface area contributed by atoms with E-state index in [9.17, 15) is 9.59 Å². The average Bonchev–Trinajstić information content (AvgIpc) is 2.81. The standard InChI is InChI=1S/C24H20Cl2N2O5/c1-15(32-22-11-8-18(25)13-21(22)26)23(29)28-27-14-16-4-3-5-20(12-16)33-24(30)17-6-9-19(31-2)10-7-17/h3-15H,1-2H3,(H,28,29)/b27-14-/t15-/m1/s1. The predicted octanol–water partition coefficient (Wildman–Crippen LogP) is 5.14. The Morgan fingerprint density at radius 3 is 2.45 bits per heavy atom. The highest BCUT2D eigenvalue weighted by Crippen LogP contribution is 2.28. The van der Waals surface area contributed by atoms with E-state index in [0.29, 0.717) is 38.4 Å². The minimum absolute atomic E-state index is 0.298. The van der Waals surface area contributed by atoms with E-state index < -0.39 is 18.0 Å². The lowest BCUT2D eigenvalue weighted by atomic mass is 10.2. The van der Waals surface area contributed by atoms with Gasteiger partial charge in [-0.15, -0.1) is 0 Å². The molecule has 0 unspecified atom stereocenters. The number of hydrazone groups is 1. The molecule has 0 aliphatic rings. The third kappa shape index (κ3) is 6.97. The van der Waals surface area contributed by atoms with Crippen LogP contribution in [-0.4, -0.2) is 31.3 Å². The molecule has 170 valence electrons. The van der Waals surface area contributed by atoms with Crippen LogP contribution < -0.4 is 19.6 Å². The van der Waals surface area contributed by atoms with Crippen molar-refractivity contribution in [1.29, 1.82) is 0 Å². The summed E-state index contributed by atoms with van der Waals surface area (Å²) in [6.07, 6.45) is 0.572. The number of rotatable bonds is 8. The smallest absolute Gasteiger partial charge is 0.343 e.